The number of aryl methyl sites for hydroxylation is 1. The molecule has 0 aliphatic rings. The van der Waals surface area contributed by atoms with Crippen LogP contribution in [0.15, 0.2) is 36.4 Å². The second-order valence-corrected chi connectivity index (χ2v) is 4.85. The Morgan fingerprint density at radius 2 is 1.95 bits per heavy atom. The fourth-order valence-electron chi connectivity index (χ4n) is 2.26. The van der Waals surface area contributed by atoms with Crippen LogP contribution in [0, 0.1) is 18.6 Å². The lowest BCUT2D eigenvalue weighted by Crippen LogP contribution is -2.02. The van der Waals surface area contributed by atoms with E-state index in [4.69, 9.17) is 11.6 Å². The molecule has 0 spiro atoms. The maximum atomic E-state index is 14.1. The highest BCUT2D eigenvalue weighted by atomic mass is 35.5. The van der Waals surface area contributed by atoms with E-state index >= 15 is 0 Å². The molecule has 0 aliphatic carbocycles. The zero-order valence-electron chi connectivity index (χ0n) is 10.7. The van der Waals surface area contributed by atoms with Crippen molar-refractivity contribution in [1.82, 2.24) is 9.55 Å². The van der Waals surface area contributed by atoms with Crippen molar-refractivity contribution in [2.75, 3.05) is 0 Å². The maximum absolute atomic E-state index is 14.1. The Morgan fingerprint density at radius 1 is 1.15 bits per heavy atom. The first-order valence-electron chi connectivity index (χ1n) is 6.09. The van der Waals surface area contributed by atoms with Crippen LogP contribution in [0.3, 0.4) is 0 Å². The maximum Gasteiger partial charge on any atom is 0.147 e. The van der Waals surface area contributed by atoms with E-state index in [0.717, 1.165) is 5.56 Å². The second-order valence-electron chi connectivity index (χ2n) is 4.58. The summed E-state index contributed by atoms with van der Waals surface area (Å²) in [4.78, 5) is 4.26. The molecule has 102 valence electrons. The molecule has 0 unspecified atom stereocenters. The van der Waals surface area contributed by atoms with E-state index in [1.165, 1.54) is 18.2 Å². The average molecular weight is 293 g/mol. The van der Waals surface area contributed by atoms with Crippen molar-refractivity contribution < 1.29 is 8.78 Å². The molecule has 3 aromatic rings. The van der Waals surface area contributed by atoms with Gasteiger partial charge < -0.3 is 0 Å². The van der Waals surface area contributed by atoms with Crippen molar-refractivity contribution in [3.63, 3.8) is 0 Å². The van der Waals surface area contributed by atoms with E-state index in [1.54, 1.807) is 22.8 Å². The number of fused-ring (bicyclic) bond motifs is 1. The largest absolute Gasteiger partial charge is 0.292 e. The molecule has 20 heavy (non-hydrogen) atoms. The van der Waals surface area contributed by atoms with Gasteiger partial charge >= 0.3 is 0 Å². The number of alkyl halides is 1. The summed E-state index contributed by atoms with van der Waals surface area (Å²) in [7, 11) is 0. The quantitative estimate of drug-likeness (QED) is 0.642. The van der Waals surface area contributed by atoms with Gasteiger partial charge in [0.1, 0.15) is 17.5 Å². The molecule has 1 aromatic heterocycles. The minimum Gasteiger partial charge on any atom is -0.292 e. The first kappa shape index (κ1) is 13.1. The monoisotopic (exact) mass is 292 g/mol. The lowest BCUT2D eigenvalue weighted by molar-refractivity contribution is 0.617. The van der Waals surface area contributed by atoms with Crippen LogP contribution in [-0.4, -0.2) is 9.55 Å². The first-order valence-corrected chi connectivity index (χ1v) is 6.63. The lowest BCUT2D eigenvalue weighted by Gasteiger charge is -2.10. The van der Waals surface area contributed by atoms with Gasteiger partial charge in [0.2, 0.25) is 0 Å². The number of nitrogens with zero attached hydrogens (tertiary/aromatic N) is 2. The van der Waals surface area contributed by atoms with E-state index < -0.39 is 0 Å². The van der Waals surface area contributed by atoms with E-state index in [-0.39, 0.29) is 17.5 Å². The summed E-state index contributed by atoms with van der Waals surface area (Å²) in [5, 5.41) is 0. The predicted molar refractivity (Wildman–Crippen MR) is 75.3 cm³/mol. The van der Waals surface area contributed by atoms with Crippen LogP contribution in [0.4, 0.5) is 8.78 Å². The summed E-state index contributed by atoms with van der Waals surface area (Å²) in [6.45, 7) is 1.88. The number of halogens is 3. The van der Waals surface area contributed by atoms with Crippen molar-refractivity contribution in [2.45, 2.75) is 12.8 Å². The Balaban J connectivity index is 2.37. The fourth-order valence-corrected chi connectivity index (χ4v) is 2.44. The van der Waals surface area contributed by atoms with Gasteiger partial charge in [-0.3, -0.25) is 4.57 Å². The van der Waals surface area contributed by atoms with Crippen molar-refractivity contribution in [2.24, 2.45) is 0 Å². The molecule has 0 aliphatic heterocycles. The van der Waals surface area contributed by atoms with Gasteiger partial charge in [-0.15, -0.1) is 11.6 Å². The van der Waals surface area contributed by atoms with Crippen LogP contribution in [0.1, 0.15) is 11.4 Å². The molecule has 0 radical (unpaired) electrons. The van der Waals surface area contributed by atoms with E-state index in [2.05, 4.69) is 4.98 Å². The SMILES string of the molecule is Cc1ccc(F)c(-n2c(CCl)nc3cc(F)ccc32)c1. The summed E-state index contributed by atoms with van der Waals surface area (Å²) in [5.74, 6) is -0.153. The predicted octanol–water partition coefficient (Wildman–Crippen LogP) is 4.35. The summed E-state index contributed by atoms with van der Waals surface area (Å²) in [6.07, 6.45) is 0. The molecule has 0 amide bonds. The third-order valence-corrected chi connectivity index (χ3v) is 3.39. The molecule has 2 aromatic carbocycles. The summed E-state index contributed by atoms with van der Waals surface area (Å²) in [6, 6.07) is 9.03. The van der Waals surface area contributed by atoms with Gasteiger partial charge in [-0.05, 0) is 36.8 Å². The molecule has 0 bridgehead atoms. The summed E-state index contributed by atoms with van der Waals surface area (Å²) < 4.78 is 29.0. The normalized spacial score (nSPS) is 11.2. The van der Waals surface area contributed by atoms with Gasteiger partial charge in [-0.2, -0.15) is 0 Å². The molecular weight excluding hydrogens is 282 g/mol. The van der Waals surface area contributed by atoms with Crippen LogP contribution in [0.2, 0.25) is 0 Å². The van der Waals surface area contributed by atoms with Gasteiger partial charge in [0.05, 0.1) is 22.6 Å². The topological polar surface area (TPSA) is 17.8 Å². The van der Waals surface area contributed by atoms with Gasteiger partial charge in [0.15, 0.2) is 0 Å². The van der Waals surface area contributed by atoms with Crippen LogP contribution in [0.5, 0.6) is 0 Å². The van der Waals surface area contributed by atoms with Crippen LogP contribution >= 0.6 is 11.6 Å². The Hall–Kier alpha value is -1.94. The average Bonchev–Trinajstić information content (AvgIpc) is 2.78. The molecule has 0 saturated heterocycles. The molecule has 1 heterocycles. The fraction of sp³-hybridized carbons (Fsp3) is 0.133. The van der Waals surface area contributed by atoms with Crippen molar-refractivity contribution >= 4 is 22.6 Å². The minimum atomic E-state index is -0.381. The zero-order chi connectivity index (χ0) is 14.3. The third-order valence-electron chi connectivity index (χ3n) is 3.15. The van der Waals surface area contributed by atoms with E-state index in [1.807, 2.05) is 6.92 Å². The van der Waals surface area contributed by atoms with Gasteiger partial charge in [0, 0.05) is 6.07 Å². The second kappa shape index (κ2) is 4.87. The highest BCUT2D eigenvalue weighted by molar-refractivity contribution is 6.17. The number of imidazole rings is 1. The molecule has 5 heteroatoms. The van der Waals surface area contributed by atoms with Gasteiger partial charge in [-0.25, -0.2) is 13.8 Å². The molecule has 2 nitrogen and oxygen atoms in total. The van der Waals surface area contributed by atoms with E-state index in [9.17, 15) is 8.78 Å². The molecule has 0 atom stereocenters. The molecule has 0 saturated carbocycles. The molecule has 0 fully saturated rings. The van der Waals surface area contributed by atoms with E-state index in [0.29, 0.717) is 22.5 Å². The highest BCUT2D eigenvalue weighted by Crippen LogP contribution is 2.25. The number of hydrogen-bond donors (Lipinski definition) is 0. The minimum absolute atomic E-state index is 0.115. The van der Waals surface area contributed by atoms with Crippen molar-refractivity contribution in [3.05, 3.63) is 59.4 Å². The Labute approximate surface area is 119 Å². The number of benzene rings is 2. The lowest BCUT2D eigenvalue weighted by atomic mass is 10.2. The molecule has 3 rings (SSSR count). The number of aromatic nitrogens is 2. The van der Waals surface area contributed by atoms with Crippen LogP contribution < -0.4 is 0 Å². The molecular formula is C15H11ClF2N2. The summed E-state index contributed by atoms with van der Waals surface area (Å²) in [5.41, 5.74) is 2.38. The zero-order valence-corrected chi connectivity index (χ0v) is 11.5. The number of rotatable bonds is 2. The van der Waals surface area contributed by atoms with Crippen LogP contribution in [0.25, 0.3) is 16.7 Å². The third kappa shape index (κ3) is 2.06. The standard InChI is InChI=1S/C15H11ClF2N2/c1-9-2-4-11(18)14(6-9)20-13-5-3-10(17)7-12(13)19-15(20)8-16/h2-7H,8H2,1H3. The summed E-state index contributed by atoms with van der Waals surface area (Å²) >= 11 is 5.89. The number of hydrogen-bond acceptors (Lipinski definition) is 1. The first-order chi connectivity index (χ1) is 9.60. The Kier molecular flexibility index (Phi) is 3.18. The van der Waals surface area contributed by atoms with Crippen LogP contribution in [-0.2, 0) is 5.88 Å². The smallest absolute Gasteiger partial charge is 0.147 e. The van der Waals surface area contributed by atoms with Gasteiger partial charge in [0.25, 0.3) is 0 Å². The van der Waals surface area contributed by atoms with Gasteiger partial charge in [-0.1, -0.05) is 6.07 Å². The Bertz CT molecular complexity index is 796. The highest BCUT2D eigenvalue weighted by Gasteiger charge is 2.15. The Morgan fingerprint density at radius 3 is 2.70 bits per heavy atom. The molecule has 0 N–H and O–H groups in total. The van der Waals surface area contributed by atoms with Crippen molar-refractivity contribution in [3.8, 4) is 5.69 Å². The van der Waals surface area contributed by atoms with Crippen molar-refractivity contribution in [1.29, 1.82) is 0 Å².